The summed E-state index contributed by atoms with van der Waals surface area (Å²) in [5.41, 5.74) is 0. The maximum Gasteiger partial charge on any atom is 0.298 e. The second kappa shape index (κ2) is 4.17. The summed E-state index contributed by atoms with van der Waals surface area (Å²) in [5.74, 6) is -0.908. The van der Waals surface area contributed by atoms with Gasteiger partial charge in [-0.2, -0.15) is 16.8 Å². The lowest BCUT2D eigenvalue weighted by Crippen LogP contribution is -2.00. The monoisotopic (exact) mass is 303 g/mol. The van der Waals surface area contributed by atoms with Crippen molar-refractivity contribution in [2.45, 2.75) is 9.79 Å². The van der Waals surface area contributed by atoms with Crippen molar-refractivity contribution >= 4 is 31.0 Å². The Kier molecular flexibility index (Phi) is 3.01. The third-order valence-electron chi connectivity index (χ3n) is 2.45. The first-order chi connectivity index (χ1) is 8.59. The van der Waals surface area contributed by atoms with Gasteiger partial charge in [0.1, 0.15) is 4.90 Å². The lowest BCUT2D eigenvalue weighted by molar-refractivity contribution is 0.341. The first kappa shape index (κ1) is 13.7. The first-order valence-electron chi connectivity index (χ1n) is 4.79. The Bertz CT molecular complexity index is 866. The molecule has 0 aliphatic rings. The second-order valence-corrected chi connectivity index (χ2v) is 6.57. The van der Waals surface area contributed by atoms with Crippen LogP contribution >= 0.6 is 0 Å². The number of benzene rings is 2. The summed E-state index contributed by atoms with van der Waals surface area (Å²) in [6.45, 7) is 0. The summed E-state index contributed by atoms with van der Waals surface area (Å²) in [4.78, 5) is -1.30. The molecule has 9 heteroatoms. The van der Waals surface area contributed by atoms with E-state index in [1.807, 2.05) is 0 Å². The van der Waals surface area contributed by atoms with Crippen molar-refractivity contribution in [2.24, 2.45) is 0 Å². The average Bonchev–Trinajstić information content (AvgIpc) is 2.24. The van der Waals surface area contributed by atoms with Crippen molar-refractivity contribution in [1.29, 1.82) is 0 Å². The van der Waals surface area contributed by atoms with Gasteiger partial charge in [-0.05, 0) is 35.0 Å². The zero-order valence-electron chi connectivity index (χ0n) is 9.14. The van der Waals surface area contributed by atoms with Crippen molar-refractivity contribution in [1.82, 2.24) is 0 Å². The van der Waals surface area contributed by atoms with Gasteiger partial charge in [0.2, 0.25) is 0 Å². The van der Waals surface area contributed by atoms with Crippen LogP contribution in [0.5, 0.6) is 5.75 Å². The topological polar surface area (TPSA) is 129 Å². The molecule has 1 radical (unpaired) electrons. The third kappa shape index (κ3) is 2.68. The summed E-state index contributed by atoms with van der Waals surface area (Å²) >= 11 is 0. The molecular formula is C10H7O7S2. The lowest BCUT2D eigenvalue weighted by atomic mass is 10.1. The fraction of sp³-hybridized carbons (Fsp3) is 0. The van der Waals surface area contributed by atoms with E-state index in [1.165, 1.54) is 6.07 Å². The number of hydrogen-bond donors (Lipinski definition) is 2. The lowest BCUT2D eigenvalue weighted by Gasteiger charge is -2.04. The van der Waals surface area contributed by atoms with Crippen LogP contribution in [0.15, 0.2) is 40.1 Å². The molecule has 0 aliphatic heterocycles. The highest BCUT2D eigenvalue weighted by molar-refractivity contribution is 7.86. The Morgan fingerprint density at radius 3 is 1.95 bits per heavy atom. The molecule has 2 rings (SSSR count). The highest BCUT2D eigenvalue weighted by Gasteiger charge is 2.19. The molecule has 0 saturated carbocycles. The predicted octanol–water partition coefficient (Wildman–Crippen LogP) is 1.48. The zero-order valence-corrected chi connectivity index (χ0v) is 10.8. The summed E-state index contributed by atoms with van der Waals surface area (Å²) in [6.07, 6.45) is 0. The zero-order chi connectivity index (χ0) is 14.4. The van der Waals surface area contributed by atoms with Gasteiger partial charge in [0, 0.05) is 0 Å². The summed E-state index contributed by atoms with van der Waals surface area (Å²) < 4.78 is 61.6. The van der Waals surface area contributed by atoms with Crippen LogP contribution in [-0.2, 0) is 25.3 Å². The van der Waals surface area contributed by atoms with Gasteiger partial charge in [-0.25, -0.2) is 0 Å². The van der Waals surface area contributed by atoms with E-state index in [1.54, 1.807) is 0 Å². The minimum atomic E-state index is -4.70. The second-order valence-electron chi connectivity index (χ2n) is 3.76. The smallest absolute Gasteiger partial charge is 0.288 e. The van der Waals surface area contributed by atoms with Crippen LogP contribution in [0, 0.1) is 0 Å². The van der Waals surface area contributed by atoms with Gasteiger partial charge in [-0.3, -0.25) is 14.2 Å². The fourth-order valence-corrected chi connectivity index (χ4v) is 2.70. The molecule has 0 unspecified atom stereocenters. The molecule has 0 amide bonds. The van der Waals surface area contributed by atoms with E-state index in [2.05, 4.69) is 0 Å². The largest absolute Gasteiger partial charge is 0.298 e. The van der Waals surface area contributed by atoms with Gasteiger partial charge in [-0.1, -0.05) is 6.07 Å². The summed E-state index contributed by atoms with van der Waals surface area (Å²) in [5, 5.41) is 11.8. The van der Waals surface area contributed by atoms with Crippen LogP contribution in [0.4, 0.5) is 0 Å². The van der Waals surface area contributed by atoms with Gasteiger partial charge < -0.3 is 0 Å². The molecule has 0 spiro atoms. The molecule has 0 fully saturated rings. The number of fused-ring (bicyclic) bond motifs is 1. The minimum Gasteiger partial charge on any atom is -0.288 e. The first-order valence-corrected chi connectivity index (χ1v) is 7.67. The Hall–Kier alpha value is -1.68. The van der Waals surface area contributed by atoms with Crippen LogP contribution in [0.3, 0.4) is 0 Å². The van der Waals surface area contributed by atoms with Crippen molar-refractivity contribution in [2.75, 3.05) is 0 Å². The molecule has 0 atom stereocenters. The normalized spacial score (nSPS) is 12.7. The Morgan fingerprint density at radius 1 is 0.789 bits per heavy atom. The standard InChI is InChI=1S/C10H7O7S2/c11-9-4-6-1-2-8(18(12,13)14)3-7(6)5-10(9)19(15,16)17/h1-5H,(H,12,13,14)(H,15,16,17). The van der Waals surface area contributed by atoms with E-state index in [0.717, 1.165) is 24.3 Å². The minimum absolute atomic E-state index is 0.0855. The molecule has 19 heavy (non-hydrogen) atoms. The maximum atomic E-state index is 11.5. The molecule has 0 saturated heterocycles. The molecule has 2 N–H and O–H groups in total. The van der Waals surface area contributed by atoms with Crippen LogP contribution in [0.1, 0.15) is 0 Å². The third-order valence-corrected chi connectivity index (χ3v) is 4.17. The van der Waals surface area contributed by atoms with E-state index in [4.69, 9.17) is 9.11 Å². The van der Waals surface area contributed by atoms with E-state index in [0.29, 0.717) is 0 Å². The van der Waals surface area contributed by atoms with Crippen molar-refractivity contribution < 1.29 is 31.0 Å². The SMILES string of the molecule is [O]c1cc2ccc(S(=O)(=O)O)cc2cc1S(=O)(=O)O. The predicted molar refractivity (Wildman–Crippen MR) is 63.7 cm³/mol. The van der Waals surface area contributed by atoms with Crippen molar-refractivity contribution in [3.8, 4) is 5.75 Å². The number of hydrogen-bond acceptors (Lipinski definition) is 4. The van der Waals surface area contributed by atoms with Crippen LogP contribution in [0.25, 0.3) is 10.8 Å². The molecule has 2 aromatic carbocycles. The van der Waals surface area contributed by atoms with Gasteiger partial charge >= 0.3 is 0 Å². The van der Waals surface area contributed by atoms with Crippen molar-refractivity contribution in [3.05, 3.63) is 30.3 Å². The van der Waals surface area contributed by atoms with E-state index >= 15 is 0 Å². The van der Waals surface area contributed by atoms with Gasteiger partial charge in [0.25, 0.3) is 20.2 Å². The maximum absolute atomic E-state index is 11.5. The highest BCUT2D eigenvalue weighted by Crippen LogP contribution is 2.30. The quantitative estimate of drug-likeness (QED) is 0.808. The molecule has 7 nitrogen and oxygen atoms in total. The molecule has 101 valence electrons. The molecule has 0 bridgehead atoms. The van der Waals surface area contributed by atoms with E-state index in [9.17, 15) is 21.9 Å². The summed E-state index contributed by atoms with van der Waals surface area (Å²) in [7, 11) is -9.14. The van der Waals surface area contributed by atoms with Crippen LogP contribution < -0.4 is 0 Å². The highest BCUT2D eigenvalue weighted by atomic mass is 32.2. The number of rotatable bonds is 2. The fourth-order valence-electron chi connectivity index (χ4n) is 1.60. The van der Waals surface area contributed by atoms with Gasteiger partial charge in [-0.15, -0.1) is 0 Å². The molecular weight excluding hydrogens is 296 g/mol. The molecule has 0 heterocycles. The van der Waals surface area contributed by atoms with Crippen molar-refractivity contribution in [3.63, 3.8) is 0 Å². The van der Waals surface area contributed by atoms with E-state index in [-0.39, 0.29) is 10.8 Å². The molecule has 0 aromatic heterocycles. The molecule has 0 aliphatic carbocycles. The van der Waals surface area contributed by atoms with Crippen LogP contribution in [-0.4, -0.2) is 25.9 Å². The summed E-state index contributed by atoms with van der Waals surface area (Å²) in [6, 6.07) is 5.12. The Labute approximate surface area is 108 Å². The Morgan fingerprint density at radius 2 is 1.42 bits per heavy atom. The van der Waals surface area contributed by atoms with Gasteiger partial charge in [0.05, 0.1) is 4.90 Å². The Balaban J connectivity index is 2.83. The average molecular weight is 303 g/mol. The van der Waals surface area contributed by atoms with Crippen LogP contribution in [0.2, 0.25) is 0 Å². The van der Waals surface area contributed by atoms with E-state index < -0.39 is 35.8 Å². The molecule has 2 aromatic rings. The van der Waals surface area contributed by atoms with Gasteiger partial charge in [0.15, 0.2) is 5.75 Å².